The molecular formula is C12H18N4O. The van der Waals surface area contributed by atoms with Crippen LogP contribution in [0.4, 0.5) is 11.5 Å². The van der Waals surface area contributed by atoms with Gasteiger partial charge in [-0.15, -0.1) is 0 Å². The van der Waals surface area contributed by atoms with Crippen molar-refractivity contribution in [2.24, 2.45) is 0 Å². The van der Waals surface area contributed by atoms with Crippen molar-refractivity contribution in [3.63, 3.8) is 0 Å². The van der Waals surface area contributed by atoms with Gasteiger partial charge in [0.1, 0.15) is 11.9 Å². The highest BCUT2D eigenvalue weighted by atomic mass is 16.2. The lowest BCUT2D eigenvalue weighted by molar-refractivity contribution is -0.123. The summed E-state index contributed by atoms with van der Waals surface area (Å²) in [5.74, 6) is 0.909. The molecule has 0 bridgehead atoms. The molecule has 0 saturated carbocycles. The van der Waals surface area contributed by atoms with Gasteiger partial charge in [-0.2, -0.15) is 0 Å². The summed E-state index contributed by atoms with van der Waals surface area (Å²) in [6.07, 6.45) is 3.64. The summed E-state index contributed by atoms with van der Waals surface area (Å²) >= 11 is 0. The highest BCUT2D eigenvalue weighted by Gasteiger charge is 2.21. The van der Waals surface area contributed by atoms with Crippen molar-refractivity contribution in [1.29, 1.82) is 0 Å². The second-order valence-corrected chi connectivity index (χ2v) is 4.09. The van der Waals surface area contributed by atoms with Gasteiger partial charge in [-0.1, -0.05) is 0 Å². The zero-order chi connectivity index (χ0) is 12.1. The Morgan fingerprint density at radius 3 is 3.24 bits per heavy atom. The van der Waals surface area contributed by atoms with Crippen molar-refractivity contribution in [3.8, 4) is 0 Å². The first-order valence-electron chi connectivity index (χ1n) is 6.04. The van der Waals surface area contributed by atoms with E-state index in [0.717, 1.165) is 37.4 Å². The molecule has 1 fully saturated rings. The fourth-order valence-electron chi connectivity index (χ4n) is 1.91. The number of nitrogens with zero attached hydrogens (tertiary/aromatic N) is 1. The van der Waals surface area contributed by atoms with Gasteiger partial charge in [0.2, 0.25) is 5.91 Å². The van der Waals surface area contributed by atoms with Gasteiger partial charge >= 0.3 is 0 Å². The molecule has 0 spiro atoms. The van der Waals surface area contributed by atoms with E-state index in [1.54, 1.807) is 6.20 Å². The standard InChI is InChI=1S/C12H18N4O/c1-2-13-11-8-9(5-7-14-11)16-10-4-3-6-15-12(10)17/h5,7-8,10H,2-4,6H2,1H3,(H,15,17)(H2,13,14,16). The van der Waals surface area contributed by atoms with Crippen molar-refractivity contribution in [3.05, 3.63) is 18.3 Å². The molecule has 0 aliphatic carbocycles. The Bertz CT molecular complexity index is 394. The minimum atomic E-state index is -0.124. The number of piperidine rings is 1. The molecule has 1 amide bonds. The number of hydrogen-bond donors (Lipinski definition) is 3. The number of carbonyl (C=O) groups excluding carboxylic acids is 1. The van der Waals surface area contributed by atoms with Crippen molar-refractivity contribution >= 4 is 17.4 Å². The Kier molecular flexibility index (Phi) is 3.80. The summed E-state index contributed by atoms with van der Waals surface area (Å²) in [5.41, 5.74) is 0.929. The summed E-state index contributed by atoms with van der Waals surface area (Å²) in [6.45, 7) is 3.65. The van der Waals surface area contributed by atoms with E-state index in [2.05, 4.69) is 20.9 Å². The minimum absolute atomic E-state index is 0.0815. The average Bonchev–Trinajstić information content (AvgIpc) is 2.33. The van der Waals surface area contributed by atoms with Crippen molar-refractivity contribution < 1.29 is 4.79 Å². The number of pyridine rings is 1. The van der Waals surface area contributed by atoms with Crippen LogP contribution in [0.25, 0.3) is 0 Å². The van der Waals surface area contributed by atoms with Crippen LogP contribution in [-0.2, 0) is 4.79 Å². The van der Waals surface area contributed by atoms with Crippen LogP contribution in [0.1, 0.15) is 19.8 Å². The van der Waals surface area contributed by atoms with Crippen LogP contribution >= 0.6 is 0 Å². The average molecular weight is 234 g/mol. The third kappa shape index (κ3) is 3.09. The highest BCUT2D eigenvalue weighted by molar-refractivity contribution is 5.85. The molecule has 3 N–H and O–H groups in total. The number of carbonyl (C=O) groups is 1. The molecule has 17 heavy (non-hydrogen) atoms. The highest BCUT2D eigenvalue weighted by Crippen LogP contribution is 2.15. The third-order valence-corrected chi connectivity index (χ3v) is 2.74. The van der Waals surface area contributed by atoms with E-state index < -0.39 is 0 Å². The summed E-state index contributed by atoms with van der Waals surface area (Å²) in [4.78, 5) is 15.8. The maximum absolute atomic E-state index is 11.6. The molecule has 5 heteroatoms. The summed E-state index contributed by atoms with van der Waals surface area (Å²) in [7, 11) is 0. The summed E-state index contributed by atoms with van der Waals surface area (Å²) in [5, 5.41) is 9.24. The predicted molar refractivity (Wildman–Crippen MR) is 68.1 cm³/mol. The molecule has 1 saturated heterocycles. The lowest BCUT2D eigenvalue weighted by atomic mass is 10.1. The Hall–Kier alpha value is -1.78. The van der Waals surface area contributed by atoms with Crippen LogP contribution in [0, 0.1) is 0 Å². The largest absolute Gasteiger partial charge is 0.374 e. The predicted octanol–water partition coefficient (Wildman–Crippen LogP) is 1.20. The minimum Gasteiger partial charge on any atom is -0.374 e. The fourth-order valence-corrected chi connectivity index (χ4v) is 1.91. The second kappa shape index (κ2) is 5.52. The number of rotatable bonds is 4. The van der Waals surface area contributed by atoms with Gasteiger partial charge in [-0.3, -0.25) is 4.79 Å². The lowest BCUT2D eigenvalue weighted by Gasteiger charge is -2.23. The molecule has 1 aliphatic heterocycles. The van der Waals surface area contributed by atoms with E-state index in [-0.39, 0.29) is 11.9 Å². The zero-order valence-electron chi connectivity index (χ0n) is 9.99. The van der Waals surface area contributed by atoms with Crippen LogP contribution in [0.15, 0.2) is 18.3 Å². The van der Waals surface area contributed by atoms with Gasteiger partial charge in [-0.25, -0.2) is 4.98 Å². The number of hydrogen-bond acceptors (Lipinski definition) is 4. The molecule has 1 atom stereocenters. The molecule has 1 aromatic heterocycles. The maximum Gasteiger partial charge on any atom is 0.242 e. The number of anilines is 2. The Morgan fingerprint density at radius 2 is 2.47 bits per heavy atom. The van der Waals surface area contributed by atoms with Crippen LogP contribution in [-0.4, -0.2) is 30.0 Å². The first-order chi connectivity index (χ1) is 8.29. The van der Waals surface area contributed by atoms with E-state index in [1.807, 2.05) is 19.1 Å². The molecule has 1 aromatic rings. The molecule has 0 radical (unpaired) electrons. The van der Waals surface area contributed by atoms with Crippen LogP contribution < -0.4 is 16.0 Å². The molecular weight excluding hydrogens is 216 g/mol. The summed E-state index contributed by atoms with van der Waals surface area (Å²) in [6, 6.07) is 3.68. The van der Waals surface area contributed by atoms with Crippen molar-refractivity contribution in [1.82, 2.24) is 10.3 Å². The monoisotopic (exact) mass is 234 g/mol. The smallest absolute Gasteiger partial charge is 0.242 e. The van der Waals surface area contributed by atoms with Gasteiger partial charge in [0.05, 0.1) is 0 Å². The topological polar surface area (TPSA) is 66.0 Å². The molecule has 2 heterocycles. The Morgan fingerprint density at radius 1 is 1.59 bits per heavy atom. The van der Waals surface area contributed by atoms with Gasteiger partial charge in [0.15, 0.2) is 0 Å². The van der Waals surface area contributed by atoms with Crippen LogP contribution in [0.5, 0.6) is 0 Å². The first kappa shape index (κ1) is 11.7. The number of amides is 1. The first-order valence-corrected chi connectivity index (χ1v) is 6.04. The number of nitrogens with one attached hydrogen (secondary N) is 3. The molecule has 1 unspecified atom stereocenters. The SMILES string of the molecule is CCNc1cc(NC2CCCNC2=O)ccn1. The fraction of sp³-hybridized carbons (Fsp3) is 0.500. The normalized spacial score (nSPS) is 19.6. The summed E-state index contributed by atoms with van der Waals surface area (Å²) < 4.78 is 0. The van der Waals surface area contributed by atoms with E-state index in [4.69, 9.17) is 0 Å². The van der Waals surface area contributed by atoms with Crippen LogP contribution in [0.2, 0.25) is 0 Å². The Balaban J connectivity index is 2.01. The van der Waals surface area contributed by atoms with Gasteiger partial charge in [0.25, 0.3) is 0 Å². The number of aromatic nitrogens is 1. The third-order valence-electron chi connectivity index (χ3n) is 2.74. The Labute approximate surface area is 101 Å². The van der Waals surface area contributed by atoms with Crippen LogP contribution in [0.3, 0.4) is 0 Å². The molecule has 2 rings (SSSR count). The van der Waals surface area contributed by atoms with E-state index in [1.165, 1.54) is 0 Å². The molecule has 92 valence electrons. The maximum atomic E-state index is 11.6. The van der Waals surface area contributed by atoms with E-state index >= 15 is 0 Å². The quantitative estimate of drug-likeness (QED) is 0.732. The molecule has 0 aromatic carbocycles. The van der Waals surface area contributed by atoms with Gasteiger partial charge < -0.3 is 16.0 Å². The van der Waals surface area contributed by atoms with Gasteiger partial charge in [0, 0.05) is 31.0 Å². The van der Waals surface area contributed by atoms with Gasteiger partial charge in [-0.05, 0) is 25.8 Å². The van der Waals surface area contributed by atoms with E-state index in [0.29, 0.717) is 0 Å². The lowest BCUT2D eigenvalue weighted by Crippen LogP contribution is -2.44. The zero-order valence-corrected chi connectivity index (χ0v) is 9.99. The molecule has 5 nitrogen and oxygen atoms in total. The van der Waals surface area contributed by atoms with E-state index in [9.17, 15) is 4.79 Å². The van der Waals surface area contributed by atoms with Crippen molar-refractivity contribution in [2.45, 2.75) is 25.8 Å². The second-order valence-electron chi connectivity index (χ2n) is 4.09. The molecule has 1 aliphatic rings. The van der Waals surface area contributed by atoms with Crippen molar-refractivity contribution in [2.75, 3.05) is 23.7 Å².